The van der Waals surface area contributed by atoms with E-state index in [2.05, 4.69) is 27.2 Å². The Morgan fingerprint density at radius 3 is 2.68 bits per heavy atom. The molecule has 6 heteroatoms. The van der Waals surface area contributed by atoms with E-state index in [1.165, 1.54) is 0 Å². The van der Waals surface area contributed by atoms with E-state index in [9.17, 15) is 0 Å². The van der Waals surface area contributed by atoms with Crippen LogP contribution in [0.5, 0.6) is 5.75 Å². The average molecular weight is 336 g/mol. The number of ether oxygens (including phenoxy) is 2. The Morgan fingerprint density at radius 1 is 1.16 bits per heavy atom. The first-order valence-corrected chi connectivity index (χ1v) is 8.26. The largest absolute Gasteiger partial charge is 0.493 e. The van der Waals surface area contributed by atoms with Crippen LogP contribution in [-0.4, -0.2) is 34.8 Å². The molecule has 0 saturated carbocycles. The van der Waals surface area contributed by atoms with Gasteiger partial charge in [0.1, 0.15) is 17.4 Å². The van der Waals surface area contributed by atoms with E-state index in [1.54, 1.807) is 18.6 Å². The first-order valence-electron chi connectivity index (χ1n) is 8.26. The summed E-state index contributed by atoms with van der Waals surface area (Å²) in [4.78, 5) is 12.8. The number of aryl methyl sites for hydroxylation is 1. The molecule has 0 atom stereocenters. The summed E-state index contributed by atoms with van der Waals surface area (Å²) in [5, 5.41) is 5.36. The summed E-state index contributed by atoms with van der Waals surface area (Å²) >= 11 is 0. The average Bonchev–Trinajstić information content (AvgIpc) is 2.60. The Labute approximate surface area is 146 Å². The monoisotopic (exact) mass is 336 g/mol. The maximum Gasteiger partial charge on any atom is 0.138 e. The predicted octanol–water partition coefficient (Wildman–Crippen LogP) is 3.49. The third-order valence-corrected chi connectivity index (χ3v) is 4.27. The molecule has 0 radical (unpaired) electrons. The summed E-state index contributed by atoms with van der Waals surface area (Å²) in [7, 11) is 0. The molecule has 0 spiro atoms. The van der Waals surface area contributed by atoms with Crippen molar-refractivity contribution in [2.75, 3.05) is 25.1 Å². The van der Waals surface area contributed by atoms with Gasteiger partial charge in [-0.15, -0.1) is 0 Å². The Balaban J connectivity index is 1.55. The molecule has 0 aliphatic carbocycles. The SMILES string of the molecule is Cc1ncc(Nc2nccc3cc(OCC4(C)COC4)ccc23)cn1. The van der Waals surface area contributed by atoms with Crippen LogP contribution in [-0.2, 0) is 4.74 Å². The highest BCUT2D eigenvalue weighted by Gasteiger charge is 2.34. The number of hydrogen-bond acceptors (Lipinski definition) is 6. The zero-order valence-corrected chi connectivity index (χ0v) is 14.3. The molecular formula is C19H20N4O2. The van der Waals surface area contributed by atoms with E-state index < -0.39 is 0 Å². The highest BCUT2D eigenvalue weighted by atomic mass is 16.5. The molecule has 0 bridgehead atoms. The van der Waals surface area contributed by atoms with Gasteiger partial charge < -0.3 is 14.8 Å². The lowest BCUT2D eigenvalue weighted by molar-refractivity contribution is -0.120. The summed E-state index contributed by atoms with van der Waals surface area (Å²) < 4.78 is 11.2. The fourth-order valence-corrected chi connectivity index (χ4v) is 2.73. The van der Waals surface area contributed by atoms with Gasteiger partial charge in [-0.1, -0.05) is 6.92 Å². The van der Waals surface area contributed by atoms with Gasteiger partial charge in [-0.2, -0.15) is 0 Å². The van der Waals surface area contributed by atoms with Crippen LogP contribution in [0.1, 0.15) is 12.7 Å². The molecule has 1 saturated heterocycles. The highest BCUT2D eigenvalue weighted by Crippen LogP contribution is 2.30. The van der Waals surface area contributed by atoms with Crippen LogP contribution < -0.4 is 10.1 Å². The van der Waals surface area contributed by atoms with Crippen LogP contribution in [0.4, 0.5) is 11.5 Å². The van der Waals surface area contributed by atoms with Gasteiger partial charge in [-0.3, -0.25) is 0 Å². The van der Waals surface area contributed by atoms with Crippen molar-refractivity contribution < 1.29 is 9.47 Å². The number of nitrogens with zero attached hydrogens (tertiary/aromatic N) is 3. The van der Waals surface area contributed by atoms with E-state index in [0.29, 0.717) is 6.61 Å². The topological polar surface area (TPSA) is 69.2 Å². The fourth-order valence-electron chi connectivity index (χ4n) is 2.73. The van der Waals surface area contributed by atoms with Gasteiger partial charge in [-0.05, 0) is 36.6 Å². The maximum atomic E-state index is 5.95. The lowest BCUT2D eigenvalue weighted by atomic mass is 9.90. The summed E-state index contributed by atoms with van der Waals surface area (Å²) in [5.41, 5.74) is 0.939. The Kier molecular flexibility index (Phi) is 3.97. The van der Waals surface area contributed by atoms with Gasteiger partial charge in [0.2, 0.25) is 0 Å². The number of pyridine rings is 1. The van der Waals surface area contributed by atoms with E-state index in [-0.39, 0.29) is 5.41 Å². The van der Waals surface area contributed by atoms with Gasteiger partial charge in [0.25, 0.3) is 0 Å². The second kappa shape index (κ2) is 6.29. The van der Waals surface area contributed by atoms with Crippen LogP contribution in [0.2, 0.25) is 0 Å². The van der Waals surface area contributed by atoms with Gasteiger partial charge in [0, 0.05) is 17.0 Å². The second-order valence-corrected chi connectivity index (χ2v) is 6.78. The minimum atomic E-state index is 0.130. The van der Waals surface area contributed by atoms with Gasteiger partial charge >= 0.3 is 0 Å². The quantitative estimate of drug-likeness (QED) is 0.769. The van der Waals surface area contributed by atoms with Crippen molar-refractivity contribution >= 4 is 22.3 Å². The Bertz CT molecular complexity index is 892. The van der Waals surface area contributed by atoms with Crippen molar-refractivity contribution in [2.45, 2.75) is 13.8 Å². The van der Waals surface area contributed by atoms with Crippen molar-refractivity contribution in [3.05, 3.63) is 48.7 Å². The predicted molar refractivity (Wildman–Crippen MR) is 96.2 cm³/mol. The van der Waals surface area contributed by atoms with E-state index in [0.717, 1.165) is 47.1 Å². The molecule has 2 aromatic heterocycles. The molecule has 0 unspecified atom stereocenters. The molecule has 1 aliphatic heterocycles. The van der Waals surface area contributed by atoms with Crippen LogP contribution in [0.3, 0.4) is 0 Å². The minimum absolute atomic E-state index is 0.130. The zero-order valence-electron chi connectivity index (χ0n) is 14.3. The third-order valence-electron chi connectivity index (χ3n) is 4.27. The third kappa shape index (κ3) is 3.39. The molecule has 4 rings (SSSR count). The standard InChI is InChI=1S/C19H20N4O2/c1-13-21-8-15(9-22-13)23-18-17-4-3-16(7-14(17)5-6-20-18)25-12-19(2)10-24-11-19/h3-9H,10-12H2,1-2H3,(H,20,23). The maximum absolute atomic E-state index is 5.95. The lowest BCUT2D eigenvalue weighted by Crippen LogP contribution is -2.44. The Morgan fingerprint density at radius 2 is 1.96 bits per heavy atom. The van der Waals surface area contributed by atoms with Gasteiger partial charge in [0.05, 0.1) is 37.9 Å². The molecule has 25 heavy (non-hydrogen) atoms. The molecule has 1 N–H and O–H groups in total. The summed E-state index contributed by atoms with van der Waals surface area (Å²) in [6.07, 6.45) is 5.29. The summed E-state index contributed by atoms with van der Waals surface area (Å²) in [6, 6.07) is 8.02. The molecule has 128 valence electrons. The molecule has 1 aromatic carbocycles. The molecule has 3 aromatic rings. The number of anilines is 2. The molecule has 1 fully saturated rings. The van der Waals surface area contributed by atoms with Crippen molar-refractivity contribution in [3.63, 3.8) is 0 Å². The molecule has 1 aliphatic rings. The molecule has 6 nitrogen and oxygen atoms in total. The van der Waals surface area contributed by atoms with E-state index in [1.807, 2.05) is 31.2 Å². The lowest BCUT2D eigenvalue weighted by Gasteiger charge is -2.37. The zero-order chi connectivity index (χ0) is 17.3. The van der Waals surface area contributed by atoms with E-state index in [4.69, 9.17) is 9.47 Å². The van der Waals surface area contributed by atoms with E-state index >= 15 is 0 Å². The molecule has 3 heterocycles. The van der Waals surface area contributed by atoms with Gasteiger partial charge in [-0.25, -0.2) is 15.0 Å². The van der Waals surface area contributed by atoms with Crippen molar-refractivity contribution in [3.8, 4) is 5.75 Å². The number of aromatic nitrogens is 3. The van der Waals surface area contributed by atoms with Crippen molar-refractivity contribution in [1.82, 2.24) is 15.0 Å². The Hall–Kier alpha value is -2.73. The smallest absolute Gasteiger partial charge is 0.138 e. The number of fused-ring (bicyclic) bond motifs is 1. The van der Waals surface area contributed by atoms with Crippen molar-refractivity contribution in [1.29, 1.82) is 0 Å². The second-order valence-electron chi connectivity index (χ2n) is 6.78. The highest BCUT2D eigenvalue weighted by molar-refractivity contribution is 5.93. The van der Waals surface area contributed by atoms with Crippen molar-refractivity contribution in [2.24, 2.45) is 5.41 Å². The van der Waals surface area contributed by atoms with Gasteiger partial charge in [0.15, 0.2) is 0 Å². The first-order chi connectivity index (χ1) is 12.1. The minimum Gasteiger partial charge on any atom is -0.493 e. The van der Waals surface area contributed by atoms with Crippen LogP contribution in [0.15, 0.2) is 42.9 Å². The number of rotatable bonds is 5. The number of nitrogens with one attached hydrogen (secondary N) is 1. The normalized spacial score (nSPS) is 15.6. The van der Waals surface area contributed by atoms with Crippen LogP contribution >= 0.6 is 0 Å². The molecule has 0 amide bonds. The fraction of sp³-hybridized carbons (Fsp3) is 0.316. The number of benzene rings is 1. The van der Waals surface area contributed by atoms with Crippen LogP contribution in [0, 0.1) is 12.3 Å². The number of hydrogen-bond donors (Lipinski definition) is 1. The van der Waals surface area contributed by atoms with Crippen LogP contribution in [0.25, 0.3) is 10.8 Å². The first kappa shape index (κ1) is 15.8. The summed E-state index contributed by atoms with van der Waals surface area (Å²) in [5.74, 6) is 2.37. The molecular weight excluding hydrogens is 316 g/mol. The summed E-state index contributed by atoms with van der Waals surface area (Å²) in [6.45, 7) is 6.22.